The quantitative estimate of drug-likeness (QED) is 0.500. The van der Waals surface area contributed by atoms with Gasteiger partial charge in [-0.25, -0.2) is 0 Å². The third-order valence-corrected chi connectivity index (χ3v) is 4.43. The maximum absolute atomic E-state index is 12.1. The largest absolute Gasteiger partial charge is 0.618 e. The van der Waals surface area contributed by atoms with Gasteiger partial charge in [-0.2, -0.15) is 4.73 Å². The molecular weight excluding hydrogens is 320 g/mol. The molecular formula is C16H17ClN2O2S. The van der Waals surface area contributed by atoms with Gasteiger partial charge < -0.3 is 10.5 Å². The zero-order valence-electron chi connectivity index (χ0n) is 12.2. The molecule has 116 valence electrons. The van der Waals surface area contributed by atoms with Gasteiger partial charge in [-0.15, -0.1) is 0 Å². The molecule has 1 aromatic carbocycles. The molecule has 0 radical (unpaired) electrons. The summed E-state index contributed by atoms with van der Waals surface area (Å²) >= 11 is 7.10. The summed E-state index contributed by atoms with van der Waals surface area (Å²) in [4.78, 5) is 12.1. The van der Waals surface area contributed by atoms with Crippen LogP contribution < -0.4 is 10.0 Å². The van der Waals surface area contributed by atoms with Gasteiger partial charge in [-0.3, -0.25) is 4.79 Å². The Labute approximate surface area is 139 Å². The molecule has 1 amide bonds. The summed E-state index contributed by atoms with van der Waals surface area (Å²) in [5, 5.41) is 15.7. The number of amides is 1. The van der Waals surface area contributed by atoms with E-state index in [-0.39, 0.29) is 17.7 Å². The van der Waals surface area contributed by atoms with E-state index in [2.05, 4.69) is 5.32 Å². The molecule has 0 saturated carbocycles. The van der Waals surface area contributed by atoms with Gasteiger partial charge in [-0.1, -0.05) is 30.7 Å². The Morgan fingerprint density at radius 1 is 1.32 bits per heavy atom. The van der Waals surface area contributed by atoms with Gasteiger partial charge in [-0.05, 0) is 41.9 Å². The van der Waals surface area contributed by atoms with Crippen LogP contribution in [0.3, 0.4) is 0 Å². The number of rotatable bonds is 6. The molecule has 1 aromatic heterocycles. The summed E-state index contributed by atoms with van der Waals surface area (Å²) in [6.07, 6.45) is 2.20. The predicted octanol–water partition coefficient (Wildman–Crippen LogP) is 3.33. The van der Waals surface area contributed by atoms with Crippen LogP contribution in [0.15, 0.2) is 53.7 Å². The minimum atomic E-state index is -0.101. The van der Waals surface area contributed by atoms with E-state index >= 15 is 0 Å². The molecule has 1 atom stereocenters. The van der Waals surface area contributed by atoms with Crippen LogP contribution >= 0.6 is 23.4 Å². The summed E-state index contributed by atoms with van der Waals surface area (Å²) in [7, 11) is 0. The van der Waals surface area contributed by atoms with Crippen molar-refractivity contribution in [2.75, 3.05) is 5.75 Å². The Kier molecular flexibility index (Phi) is 6.10. The van der Waals surface area contributed by atoms with Crippen molar-refractivity contribution < 1.29 is 9.52 Å². The van der Waals surface area contributed by atoms with E-state index in [1.807, 2.05) is 31.2 Å². The van der Waals surface area contributed by atoms with E-state index in [0.717, 1.165) is 16.7 Å². The molecule has 0 spiro atoms. The van der Waals surface area contributed by atoms with Crippen LogP contribution in [0.4, 0.5) is 0 Å². The number of nitrogens with one attached hydrogen (secondary N) is 1. The van der Waals surface area contributed by atoms with Crippen LogP contribution in [-0.2, 0) is 4.79 Å². The predicted molar refractivity (Wildman–Crippen MR) is 88.8 cm³/mol. The minimum absolute atomic E-state index is 0.0551. The SMILES string of the molecule is CCC(NC(=O)CSc1cccc[n+]1[O-])c1ccc(Cl)cc1. The van der Waals surface area contributed by atoms with Gasteiger partial charge >= 0.3 is 0 Å². The highest BCUT2D eigenvalue weighted by Gasteiger charge is 2.14. The van der Waals surface area contributed by atoms with E-state index in [9.17, 15) is 10.0 Å². The normalized spacial score (nSPS) is 11.9. The third-order valence-electron chi connectivity index (χ3n) is 3.16. The Morgan fingerprint density at radius 2 is 2.05 bits per heavy atom. The van der Waals surface area contributed by atoms with Crippen molar-refractivity contribution >= 4 is 29.3 Å². The molecule has 1 N–H and O–H groups in total. The van der Waals surface area contributed by atoms with E-state index in [1.54, 1.807) is 18.2 Å². The molecule has 0 fully saturated rings. The number of benzene rings is 1. The number of carbonyl (C=O) groups excluding carboxylic acids is 1. The second-order valence-corrected chi connectivity index (χ2v) is 6.17. The first-order valence-electron chi connectivity index (χ1n) is 6.96. The monoisotopic (exact) mass is 336 g/mol. The van der Waals surface area contributed by atoms with Gasteiger partial charge in [0.05, 0.1) is 11.8 Å². The maximum atomic E-state index is 12.1. The first-order chi connectivity index (χ1) is 10.6. The summed E-state index contributed by atoms with van der Waals surface area (Å²) in [5.41, 5.74) is 1.02. The van der Waals surface area contributed by atoms with Crippen molar-refractivity contribution in [3.63, 3.8) is 0 Å². The van der Waals surface area contributed by atoms with Crippen LogP contribution in [0.2, 0.25) is 5.02 Å². The third kappa shape index (κ3) is 4.64. The van der Waals surface area contributed by atoms with E-state index in [1.165, 1.54) is 18.0 Å². The van der Waals surface area contributed by atoms with Crippen molar-refractivity contribution in [1.82, 2.24) is 5.32 Å². The van der Waals surface area contributed by atoms with Crippen LogP contribution in [-0.4, -0.2) is 11.7 Å². The van der Waals surface area contributed by atoms with E-state index in [0.29, 0.717) is 10.0 Å². The van der Waals surface area contributed by atoms with Gasteiger partial charge in [0.15, 0.2) is 6.20 Å². The first-order valence-corrected chi connectivity index (χ1v) is 8.32. The summed E-state index contributed by atoms with van der Waals surface area (Å²) in [6, 6.07) is 12.5. The second kappa shape index (κ2) is 8.06. The summed E-state index contributed by atoms with van der Waals surface area (Å²) in [5.74, 6) is 0.103. The highest BCUT2D eigenvalue weighted by molar-refractivity contribution is 7.99. The lowest BCUT2D eigenvalue weighted by Gasteiger charge is -2.17. The van der Waals surface area contributed by atoms with Gasteiger partial charge in [0.2, 0.25) is 5.91 Å². The number of aromatic nitrogens is 1. The molecule has 6 heteroatoms. The maximum Gasteiger partial charge on any atom is 0.251 e. The van der Waals surface area contributed by atoms with Crippen LogP contribution in [0, 0.1) is 5.21 Å². The average Bonchev–Trinajstić information content (AvgIpc) is 2.53. The molecule has 0 bridgehead atoms. The molecule has 2 rings (SSSR count). The van der Waals surface area contributed by atoms with Gasteiger partial charge in [0.1, 0.15) is 0 Å². The lowest BCUT2D eigenvalue weighted by molar-refractivity contribution is -0.645. The highest BCUT2D eigenvalue weighted by Crippen LogP contribution is 2.20. The number of thioether (sulfide) groups is 1. The van der Waals surface area contributed by atoms with Crippen molar-refractivity contribution in [3.8, 4) is 0 Å². The van der Waals surface area contributed by atoms with Crippen LogP contribution in [0.25, 0.3) is 0 Å². The molecule has 0 aliphatic carbocycles. The van der Waals surface area contributed by atoms with Gasteiger partial charge in [0.25, 0.3) is 5.03 Å². The fourth-order valence-corrected chi connectivity index (χ4v) is 2.87. The molecule has 0 aliphatic heterocycles. The molecule has 1 unspecified atom stereocenters. The zero-order chi connectivity index (χ0) is 15.9. The van der Waals surface area contributed by atoms with Gasteiger partial charge in [0, 0.05) is 17.2 Å². The number of nitrogens with zero attached hydrogens (tertiary/aromatic N) is 1. The molecule has 4 nitrogen and oxygen atoms in total. The number of halogens is 1. The summed E-state index contributed by atoms with van der Waals surface area (Å²) in [6.45, 7) is 2.01. The molecule has 2 aromatic rings. The number of pyridine rings is 1. The Bertz CT molecular complexity index is 634. The Morgan fingerprint density at radius 3 is 2.68 bits per heavy atom. The fraction of sp³-hybridized carbons (Fsp3) is 0.250. The Hall–Kier alpha value is -1.72. The first kappa shape index (κ1) is 16.6. The standard InChI is InChI=1S/C16H17ClN2O2S/c1-2-14(12-6-8-13(17)9-7-12)18-15(20)11-22-16-5-3-4-10-19(16)21/h3-10,14H,2,11H2,1H3,(H,18,20). The molecule has 0 saturated heterocycles. The molecule has 0 aliphatic rings. The van der Waals surface area contributed by atoms with E-state index < -0.39 is 0 Å². The number of carbonyl (C=O) groups is 1. The molecule has 1 heterocycles. The van der Waals surface area contributed by atoms with Crippen molar-refractivity contribution in [1.29, 1.82) is 0 Å². The topological polar surface area (TPSA) is 56.0 Å². The lowest BCUT2D eigenvalue weighted by Crippen LogP contribution is -2.31. The number of hydrogen-bond donors (Lipinski definition) is 1. The fourth-order valence-electron chi connectivity index (χ4n) is 2.02. The van der Waals surface area contributed by atoms with Crippen molar-refractivity contribution in [2.24, 2.45) is 0 Å². The smallest absolute Gasteiger partial charge is 0.251 e. The molecule has 22 heavy (non-hydrogen) atoms. The minimum Gasteiger partial charge on any atom is -0.618 e. The van der Waals surface area contributed by atoms with Crippen LogP contribution in [0.1, 0.15) is 24.9 Å². The average molecular weight is 337 g/mol. The Balaban J connectivity index is 1.92. The summed E-state index contributed by atoms with van der Waals surface area (Å²) < 4.78 is 0.758. The van der Waals surface area contributed by atoms with Crippen molar-refractivity contribution in [2.45, 2.75) is 24.4 Å². The number of hydrogen-bond acceptors (Lipinski definition) is 3. The highest BCUT2D eigenvalue weighted by atomic mass is 35.5. The zero-order valence-corrected chi connectivity index (χ0v) is 13.7. The lowest BCUT2D eigenvalue weighted by atomic mass is 10.0. The van der Waals surface area contributed by atoms with E-state index in [4.69, 9.17) is 11.6 Å². The second-order valence-electron chi connectivity index (χ2n) is 4.73. The van der Waals surface area contributed by atoms with Crippen molar-refractivity contribution in [3.05, 3.63) is 64.5 Å². The van der Waals surface area contributed by atoms with Crippen LogP contribution in [0.5, 0.6) is 0 Å².